The number of piperidine rings is 1. The Morgan fingerprint density at radius 2 is 1.85 bits per heavy atom. The number of halogens is 1. The van der Waals surface area contributed by atoms with Crippen LogP contribution in [0.5, 0.6) is 0 Å². The molecule has 2 fully saturated rings. The van der Waals surface area contributed by atoms with Crippen molar-refractivity contribution in [3.8, 4) is 0 Å². The van der Waals surface area contributed by atoms with Crippen molar-refractivity contribution in [2.75, 3.05) is 26.2 Å². The van der Waals surface area contributed by atoms with E-state index in [4.69, 9.17) is 5.14 Å². The van der Waals surface area contributed by atoms with Gasteiger partial charge < -0.3 is 9.80 Å². The number of amides is 1. The number of rotatable bonds is 5. The maximum Gasteiger partial charge on any atom is 0.257 e. The van der Waals surface area contributed by atoms with E-state index in [-0.39, 0.29) is 16.5 Å². The lowest BCUT2D eigenvalue weighted by atomic mass is 9.98. The number of carbonyl (C=O) groups excluding carboxylic acids is 1. The Morgan fingerprint density at radius 3 is 2.54 bits per heavy atom. The highest BCUT2D eigenvalue weighted by molar-refractivity contribution is 7.89. The first kappa shape index (κ1) is 19.3. The number of nitrogens with two attached hydrogens (primary N) is 1. The minimum atomic E-state index is -3.99. The molecule has 0 unspecified atom stereocenters. The molecule has 144 valence electrons. The van der Waals surface area contributed by atoms with Crippen LogP contribution in [-0.4, -0.2) is 56.3 Å². The molecule has 0 saturated carbocycles. The fraction of sp³-hybridized carbons (Fsp3) is 0.611. The van der Waals surface area contributed by atoms with Crippen LogP contribution in [0.25, 0.3) is 0 Å². The van der Waals surface area contributed by atoms with E-state index in [0.717, 1.165) is 63.5 Å². The number of hydrogen-bond donors (Lipinski definition) is 1. The summed E-state index contributed by atoms with van der Waals surface area (Å²) in [6.07, 6.45) is 6.13. The number of primary sulfonamides is 1. The van der Waals surface area contributed by atoms with Crippen molar-refractivity contribution in [2.45, 2.75) is 49.5 Å². The number of sulfonamides is 1. The number of nitrogens with zero attached hydrogens (tertiary/aromatic N) is 2. The highest BCUT2D eigenvalue weighted by Gasteiger charge is 2.30. The number of benzene rings is 1. The van der Waals surface area contributed by atoms with E-state index in [9.17, 15) is 17.6 Å². The number of hydrogen-bond acceptors (Lipinski definition) is 4. The van der Waals surface area contributed by atoms with Crippen molar-refractivity contribution in [1.82, 2.24) is 9.80 Å². The molecule has 3 rings (SSSR count). The average molecular weight is 383 g/mol. The first-order valence-electron chi connectivity index (χ1n) is 9.22. The fourth-order valence-electron chi connectivity index (χ4n) is 3.91. The smallest absolute Gasteiger partial charge is 0.257 e. The van der Waals surface area contributed by atoms with Crippen LogP contribution in [0.3, 0.4) is 0 Å². The predicted octanol–water partition coefficient (Wildman–Crippen LogP) is 1.95. The molecule has 2 heterocycles. The molecule has 0 aromatic heterocycles. The third-order valence-corrected chi connectivity index (χ3v) is 6.27. The first-order valence-corrected chi connectivity index (χ1v) is 10.8. The molecule has 0 aliphatic carbocycles. The standard InChI is InChI=1S/C18H26FN3O3S/c19-17-7-6-15(26(20,24)25)13-16(17)18(23)22-11-2-1-5-14(22)8-12-21-9-3-4-10-21/h6-7,13-14H,1-5,8-12H2,(H2,20,24,25)/t14-/m1/s1. The molecule has 2 aliphatic heterocycles. The number of likely N-dealkylation sites (tertiary alicyclic amines) is 2. The monoisotopic (exact) mass is 383 g/mol. The molecule has 6 nitrogen and oxygen atoms in total. The summed E-state index contributed by atoms with van der Waals surface area (Å²) in [4.78, 5) is 16.8. The minimum Gasteiger partial charge on any atom is -0.336 e. The highest BCUT2D eigenvalue weighted by Crippen LogP contribution is 2.25. The van der Waals surface area contributed by atoms with Crippen LogP contribution in [0.2, 0.25) is 0 Å². The molecule has 0 spiro atoms. The van der Waals surface area contributed by atoms with Gasteiger partial charge in [0.1, 0.15) is 5.82 Å². The second kappa shape index (κ2) is 8.02. The molecule has 2 N–H and O–H groups in total. The first-order chi connectivity index (χ1) is 12.4. The molecule has 0 radical (unpaired) electrons. The van der Waals surface area contributed by atoms with Crippen LogP contribution in [0.1, 0.15) is 48.9 Å². The van der Waals surface area contributed by atoms with Gasteiger partial charge in [-0.25, -0.2) is 17.9 Å². The van der Waals surface area contributed by atoms with E-state index in [1.54, 1.807) is 4.90 Å². The second-order valence-corrected chi connectivity index (χ2v) is 8.73. The van der Waals surface area contributed by atoms with E-state index >= 15 is 0 Å². The zero-order valence-corrected chi connectivity index (χ0v) is 15.7. The summed E-state index contributed by atoms with van der Waals surface area (Å²) in [5.74, 6) is -1.16. The van der Waals surface area contributed by atoms with E-state index in [1.807, 2.05) is 0 Å². The molecule has 1 aromatic carbocycles. The largest absolute Gasteiger partial charge is 0.336 e. The van der Waals surface area contributed by atoms with Crippen LogP contribution >= 0.6 is 0 Å². The average Bonchev–Trinajstić information content (AvgIpc) is 3.12. The van der Waals surface area contributed by atoms with Gasteiger partial charge >= 0.3 is 0 Å². The van der Waals surface area contributed by atoms with E-state index in [1.165, 1.54) is 12.8 Å². The van der Waals surface area contributed by atoms with Crippen molar-refractivity contribution in [2.24, 2.45) is 5.14 Å². The van der Waals surface area contributed by atoms with E-state index < -0.39 is 21.7 Å². The third-order valence-electron chi connectivity index (χ3n) is 5.36. The maximum atomic E-state index is 14.2. The SMILES string of the molecule is NS(=O)(=O)c1ccc(F)c(C(=O)N2CCCC[C@@H]2CCN2CCCC2)c1. The Hall–Kier alpha value is -1.51. The lowest BCUT2D eigenvalue weighted by Gasteiger charge is -2.37. The normalized spacial score (nSPS) is 21.9. The molecule has 1 atom stereocenters. The van der Waals surface area contributed by atoms with Gasteiger partial charge in [0, 0.05) is 19.1 Å². The second-order valence-electron chi connectivity index (χ2n) is 7.17. The summed E-state index contributed by atoms with van der Waals surface area (Å²) in [5.41, 5.74) is -0.218. The summed E-state index contributed by atoms with van der Waals surface area (Å²) >= 11 is 0. The molecular formula is C18H26FN3O3S. The molecule has 1 amide bonds. The summed E-state index contributed by atoms with van der Waals surface area (Å²) in [7, 11) is -3.99. The summed E-state index contributed by atoms with van der Waals surface area (Å²) in [6, 6.07) is 3.20. The zero-order valence-electron chi connectivity index (χ0n) is 14.9. The Kier molecular flexibility index (Phi) is 5.94. The van der Waals surface area contributed by atoms with Crippen LogP contribution in [0.4, 0.5) is 4.39 Å². The quantitative estimate of drug-likeness (QED) is 0.842. The molecule has 1 aromatic rings. The lowest BCUT2D eigenvalue weighted by molar-refractivity contribution is 0.0583. The number of carbonyl (C=O) groups is 1. The minimum absolute atomic E-state index is 0.0642. The van der Waals surface area contributed by atoms with Crippen molar-refractivity contribution >= 4 is 15.9 Å². The van der Waals surface area contributed by atoms with Crippen molar-refractivity contribution in [3.63, 3.8) is 0 Å². The molecule has 2 saturated heterocycles. The van der Waals surface area contributed by atoms with Crippen LogP contribution in [0.15, 0.2) is 23.1 Å². The fourth-order valence-corrected chi connectivity index (χ4v) is 4.45. The predicted molar refractivity (Wildman–Crippen MR) is 96.7 cm³/mol. The Morgan fingerprint density at radius 1 is 1.15 bits per heavy atom. The van der Waals surface area contributed by atoms with Crippen molar-refractivity contribution < 1.29 is 17.6 Å². The summed E-state index contributed by atoms with van der Waals surface area (Å²) < 4.78 is 37.3. The summed E-state index contributed by atoms with van der Waals surface area (Å²) in [5, 5.41) is 5.12. The summed E-state index contributed by atoms with van der Waals surface area (Å²) in [6.45, 7) is 3.72. The van der Waals surface area contributed by atoms with Gasteiger partial charge in [0.15, 0.2) is 0 Å². The van der Waals surface area contributed by atoms with Crippen LogP contribution < -0.4 is 5.14 Å². The Bertz CT molecular complexity index is 763. The van der Waals surface area contributed by atoms with E-state index in [2.05, 4.69) is 4.90 Å². The van der Waals surface area contributed by atoms with Gasteiger partial charge in [-0.3, -0.25) is 4.79 Å². The van der Waals surface area contributed by atoms with Crippen molar-refractivity contribution in [3.05, 3.63) is 29.6 Å². The third kappa shape index (κ3) is 4.42. The maximum absolute atomic E-state index is 14.2. The Balaban J connectivity index is 1.77. The Labute approximate surface area is 154 Å². The van der Waals surface area contributed by atoms with Crippen LogP contribution in [-0.2, 0) is 10.0 Å². The van der Waals surface area contributed by atoms with Crippen LogP contribution in [0, 0.1) is 5.82 Å². The van der Waals surface area contributed by atoms with Gasteiger partial charge in [-0.2, -0.15) is 0 Å². The van der Waals surface area contributed by atoms with Gasteiger partial charge in [0.05, 0.1) is 10.5 Å². The molecule has 2 aliphatic rings. The van der Waals surface area contributed by atoms with Crippen molar-refractivity contribution in [1.29, 1.82) is 0 Å². The topological polar surface area (TPSA) is 83.7 Å². The van der Waals surface area contributed by atoms with Gasteiger partial charge in [-0.15, -0.1) is 0 Å². The molecule has 8 heteroatoms. The zero-order chi connectivity index (χ0) is 18.7. The molecular weight excluding hydrogens is 357 g/mol. The van der Waals surface area contributed by atoms with E-state index in [0.29, 0.717) is 6.54 Å². The molecule has 26 heavy (non-hydrogen) atoms. The van der Waals surface area contributed by atoms with Gasteiger partial charge in [-0.05, 0) is 69.8 Å². The van der Waals surface area contributed by atoms with Gasteiger partial charge in [0.2, 0.25) is 10.0 Å². The highest BCUT2D eigenvalue weighted by atomic mass is 32.2. The van der Waals surface area contributed by atoms with Gasteiger partial charge in [0.25, 0.3) is 5.91 Å². The molecule has 0 bridgehead atoms. The lowest BCUT2D eigenvalue weighted by Crippen LogP contribution is -2.45. The van der Waals surface area contributed by atoms with Gasteiger partial charge in [-0.1, -0.05) is 0 Å².